The predicted octanol–water partition coefficient (Wildman–Crippen LogP) is 4.08. The number of anilines is 1. The lowest BCUT2D eigenvalue weighted by Gasteiger charge is -2.17. The van der Waals surface area contributed by atoms with Gasteiger partial charge in [-0.2, -0.15) is 5.10 Å². The van der Waals surface area contributed by atoms with Crippen molar-refractivity contribution in [3.63, 3.8) is 0 Å². The Kier molecular flexibility index (Phi) is 6.98. The maximum atomic E-state index is 13.4. The van der Waals surface area contributed by atoms with Crippen LogP contribution in [0.5, 0.6) is 17.2 Å². The molecule has 1 aliphatic rings. The molecule has 0 saturated carbocycles. The lowest BCUT2D eigenvalue weighted by Crippen LogP contribution is -2.17. The summed E-state index contributed by atoms with van der Waals surface area (Å²) in [5.74, 6) is 2.27. The van der Waals surface area contributed by atoms with Crippen molar-refractivity contribution in [2.75, 3.05) is 25.1 Å². The normalized spacial score (nSPS) is 14.6. The zero-order chi connectivity index (χ0) is 23.4. The van der Waals surface area contributed by atoms with Crippen molar-refractivity contribution in [3.8, 4) is 22.9 Å². The van der Waals surface area contributed by atoms with Crippen molar-refractivity contribution in [2.24, 2.45) is 0 Å². The molecule has 1 N–H and O–H groups in total. The quantitative estimate of drug-likeness (QED) is 0.508. The second kappa shape index (κ2) is 10.1. The van der Waals surface area contributed by atoms with Crippen molar-refractivity contribution < 1.29 is 23.2 Å². The van der Waals surface area contributed by atoms with Gasteiger partial charge in [-0.3, -0.25) is 9.00 Å². The predicted molar refractivity (Wildman–Crippen MR) is 127 cm³/mol. The topological polar surface area (TPSA) is 91.7 Å². The highest BCUT2D eigenvalue weighted by Crippen LogP contribution is 2.39. The number of aromatic nitrogens is 2. The van der Waals surface area contributed by atoms with E-state index in [1.54, 1.807) is 16.8 Å². The highest BCUT2D eigenvalue weighted by atomic mass is 32.2. The fourth-order valence-electron chi connectivity index (χ4n) is 3.71. The lowest BCUT2D eigenvalue weighted by atomic mass is 10.1. The average molecular weight is 470 g/mol. The molecule has 4 rings (SSSR count). The fraction of sp³-hybridized carbons (Fsp3) is 0.333. The Hall–Kier alpha value is -3.33. The van der Waals surface area contributed by atoms with Crippen molar-refractivity contribution in [2.45, 2.75) is 32.3 Å². The molecule has 0 fully saturated rings. The molecule has 0 saturated heterocycles. The smallest absolute Gasteiger partial charge is 0.257 e. The monoisotopic (exact) mass is 469 g/mol. The van der Waals surface area contributed by atoms with Crippen LogP contribution in [0.25, 0.3) is 5.69 Å². The molecule has 2 aromatic carbocycles. The van der Waals surface area contributed by atoms with Gasteiger partial charge in [0, 0.05) is 21.9 Å². The number of nitrogens with zero attached hydrogens (tertiary/aromatic N) is 2. The Balaban J connectivity index is 1.74. The zero-order valence-electron chi connectivity index (χ0n) is 18.9. The minimum atomic E-state index is -1.02. The Labute approximate surface area is 195 Å². The molecule has 3 aromatic rings. The molecular formula is C24H27N3O5S. The van der Waals surface area contributed by atoms with Gasteiger partial charge >= 0.3 is 0 Å². The first-order valence-electron chi connectivity index (χ1n) is 10.9. The van der Waals surface area contributed by atoms with Crippen LogP contribution in [0, 0.1) is 0 Å². The van der Waals surface area contributed by atoms with Crippen molar-refractivity contribution >= 4 is 22.5 Å². The molecule has 1 atom stereocenters. The maximum Gasteiger partial charge on any atom is 0.257 e. The van der Waals surface area contributed by atoms with E-state index in [-0.39, 0.29) is 5.91 Å². The van der Waals surface area contributed by atoms with Gasteiger partial charge in [0.1, 0.15) is 5.82 Å². The Morgan fingerprint density at radius 3 is 2.24 bits per heavy atom. The van der Waals surface area contributed by atoms with Crippen LogP contribution >= 0.6 is 0 Å². The van der Waals surface area contributed by atoms with Gasteiger partial charge in [-0.1, -0.05) is 18.2 Å². The van der Waals surface area contributed by atoms with Gasteiger partial charge in [-0.15, -0.1) is 0 Å². The third-order valence-electron chi connectivity index (χ3n) is 5.07. The third-order valence-corrected chi connectivity index (χ3v) is 6.28. The van der Waals surface area contributed by atoms with Crippen LogP contribution < -0.4 is 19.5 Å². The summed E-state index contributed by atoms with van der Waals surface area (Å²) in [6.45, 7) is 6.87. The number of rotatable bonds is 9. The van der Waals surface area contributed by atoms with Crippen LogP contribution in [0.15, 0.2) is 42.5 Å². The zero-order valence-corrected chi connectivity index (χ0v) is 19.7. The maximum absolute atomic E-state index is 13.4. The van der Waals surface area contributed by atoms with E-state index in [2.05, 4.69) is 10.4 Å². The van der Waals surface area contributed by atoms with E-state index >= 15 is 0 Å². The molecule has 33 heavy (non-hydrogen) atoms. The van der Waals surface area contributed by atoms with E-state index < -0.39 is 10.8 Å². The van der Waals surface area contributed by atoms with Gasteiger partial charge < -0.3 is 19.5 Å². The molecule has 0 spiro atoms. The lowest BCUT2D eigenvalue weighted by molar-refractivity contribution is 0.102. The first kappa shape index (κ1) is 22.8. The van der Waals surface area contributed by atoms with Crippen LogP contribution in [0.4, 0.5) is 5.82 Å². The van der Waals surface area contributed by atoms with Gasteiger partial charge in [0.05, 0.1) is 42.7 Å². The van der Waals surface area contributed by atoms with E-state index in [9.17, 15) is 9.00 Å². The molecule has 0 aliphatic carbocycles. The first-order chi connectivity index (χ1) is 16.0. The molecule has 174 valence electrons. The van der Waals surface area contributed by atoms with Crippen molar-refractivity contribution in [3.05, 3.63) is 59.3 Å². The molecule has 0 bridgehead atoms. The van der Waals surface area contributed by atoms with Gasteiger partial charge in [0.25, 0.3) is 5.91 Å². The van der Waals surface area contributed by atoms with Crippen LogP contribution in [0.2, 0.25) is 0 Å². The van der Waals surface area contributed by atoms with E-state index in [0.29, 0.717) is 60.0 Å². The summed E-state index contributed by atoms with van der Waals surface area (Å²) in [6.07, 6.45) is 0. The molecular weight excluding hydrogens is 442 g/mol. The number of carbonyl (C=O) groups excluding carboxylic acids is 1. The fourth-order valence-corrected chi connectivity index (χ4v) is 4.98. The number of benzene rings is 2. The average Bonchev–Trinajstić information content (AvgIpc) is 3.33. The summed E-state index contributed by atoms with van der Waals surface area (Å²) in [5, 5.41) is 7.62. The number of fused-ring (bicyclic) bond motifs is 1. The highest BCUT2D eigenvalue weighted by molar-refractivity contribution is 7.83. The summed E-state index contributed by atoms with van der Waals surface area (Å²) in [6, 6.07) is 12.8. The van der Waals surface area contributed by atoms with Gasteiger partial charge in [0.15, 0.2) is 11.5 Å². The summed E-state index contributed by atoms with van der Waals surface area (Å²) in [7, 11) is -1.02. The van der Waals surface area contributed by atoms with Crippen LogP contribution in [-0.4, -0.2) is 39.7 Å². The second-order valence-electron chi connectivity index (χ2n) is 7.30. The SMILES string of the molecule is CCOc1cc(C(=O)Nc2c3c(nn2-c2ccccc2)CS(=O)C3)cc(OCC)c1OCC. The Morgan fingerprint density at radius 2 is 1.64 bits per heavy atom. The molecule has 1 aliphatic heterocycles. The van der Waals surface area contributed by atoms with Crippen molar-refractivity contribution in [1.82, 2.24) is 9.78 Å². The number of ether oxygens (including phenoxy) is 3. The summed E-state index contributed by atoms with van der Waals surface area (Å²) in [5.41, 5.74) is 2.71. The molecule has 2 heterocycles. The molecule has 1 aromatic heterocycles. The summed E-state index contributed by atoms with van der Waals surface area (Å²) in [4.78, 5) is 13.4. The molecule has 8 nitrogen and oxygen atoms in total. The van der Waals surface area contributed by atoms with E-state index in [0.717, 1.165) is 16.9 Å². The van der Waals surface area contributed by atoms with Crippen LogP contribution in [0.3, 0.4) is 0 Å². The number of carbonyl (C=O) groups is 1. The summed E-state index contributed by atoms with van der Waals surface area (Å²) >= 11 is 0. The second-order valence-corrected chi connectivity index (χ2v) is 8.76. The van der Waals surface area contributed by atoms with E-state index in [1.165, 1.54) is 0 Å². The van der Waals surface area contributed by atoms with Gasteiger partial charge in [-0.05, 0) is 45.0 Å². The van der Waals surface area contributed by atoms with Gasteiger partial charge in [0.2, 0.25) is 5.75 Å². The number of para-hydroxylation sites is 1. The number of nitrogens with one attached hydrogen (secondary N) is 1. The van der Waals surface area contributed by atoms with Crippen molar-refractivity contribution in [1.29, 1.82) is 0 Å². The number of amides is 1. The molecule has 1 amide bonds. The molecule has 1 unspecified atom stereocenters. The first-order valence-corrected chi connectivity index (χ1v) is 12.4. The van der Waals surface area contributed by atoms with Gasteiger partial charge in [-0.25, -0.2) is 4.68 Å². The summed E-state index contributed by atoms with van der Waals surface area (Å²) < 4.78 is 31.1. The standard InChI is InChI=1S/C24H27N3O5S/c1-4-30-20-12-16(13-21(31-5-2)22(20)32-6-3)24(28)25-23-18-14-33(29)15-19(18)26-27(23)17-10-8-7-9-11-17/h7-13H,4-6,14-15H2,1-3H3,(H,25,28). The number of hydrogen-bond donors (Lipinski definition) is 1. The minimum Gasteiger partial charge on any atom is -0.490 e. The van der Waals surface area contributed by atoms with E-state index in [4.69, 9.17) is 14.2 Å². The molecule has 0 radical (unpaired) electrons. The third kappa shape index (κ3) is 4.73. The minimum absolute atomic E-state index is 0.350. The Morgan fingerprint density at radius 1 is 1.00 bits per heavy atom. The van der Waals surface area contributed by atoms with Crippen LogP contribution in [-0.2, 0) is 22.3 Å². The van der Waals surface area contributed by atoms with Crippen LogP contribution in [0.1, 0.15) is 42.4 Å². The largest absolute Gasteiger partial charge is 0.490 e. The highest BCUT2D eigenvalue weighted by Gasteiger charge is 2.29. The number of hydrogen-bond acceptors (Lipinski definition) is 6. The molecule has 9 heteroatoms. The Bertz CT molecular complexity index is 1150. The van der Waals surface area contributed by atoms with E-state index in [1.807, 2.05) is 51.1 Å².